The fourth-order valence-electron chi connectivity index (χ4n) is 10.0. The summed E-state index contributed by atoms with van der Waals surface area (Å²) in [5.41, 5.74) is -6.43. The van der Waals surface area contributed by atoms with Crippen molar-refractivity contribution in [1.29, 1.82) is 0 Å². The van der Waals surface area contributed by atoms with Crippen molar-refractivity contribution in [2.24, 2.45) is 34.5 Å². The van der Waals surface area contributed by atoms with Gasteiger partial charge in [-0.3, -0.25) is 14.4 Å². The Morgan fingerprint density at radius 1 is 1.08 bits per heavy atom. The average Bonchev–Trinajstić information content (AvgIpc) is 3.16. The number of carbonyl (C=O) groups excluding carboxylic acids is 4. The second kappa shape index (κ2) is 6.10. The molecule has 5 aliphatic heterocycles. The van der Waals surface area contributed by atoms with Gasteiger partial charge in [-0.25, -0.2) is 4.79 Å². The Hall–Kier alpha value is -2.36. The quantitative estimate of drug-likeness (QED) is 0.382. The number of esters is 2. The van der Waals surface area contributed by atoms with Crippen molar-refractivity contribution in [1.82, 2.24) is 0 Å². The first-order chi connectivity index (χ1) is 17.4. The Morgan fingerprint density at radius 2 is 1.86 bits per heavy atom. The third-order valence-corrected chi connectivity index (χ3v) is 12.0. The van der Waals surface area contributed by atoms with Crippen LogP contribution in [0.15, 0.2) is 23.8 Å². The van der Waals surface area contributed by atoms with E-state index in [1.807, 2.05) is 26.0 Å². The average molecular weight is 511 g/mol. The number of ether oxygens (including phenoxy) is 4. The zero-order chi connectivity index (χ0) is 26.0. The monoisotopic (exact) mass is 510 g/mol. The highest BCUT2D eigenvalue weighted by atomic mass is 16.8. The summed E-state index contributed by atoms with van der Waals surface area (Å²) in [5, 5.41) is 12.4. The lowest BCUT2D eigenvalue weighted by Gasteiger charge is -2.63. The summed E-state index contributed by atoms with van der Waals surface area (Å²) in [4.78, 5) is 55.2. The Morgan fingerprint density at radius 3 is 2.65 bits per heavy atom. The topological polar surface area (TPSA) is 125 Å². The molecule has 0 aromatic rings. The molecule has 8 aliphatic rings. The van der Waals surface area contributed by atoms with E-state index < -0.39 is 75.1 Å². The van der Waals surface area contributed by atoms with E-state index in [1.165, 1.54) is 0 Å². The molecule has 2 spiro atoms. The van der Waals surface area contributed by atoms with Gasteiger partial charge in [0.1, 0.15) is 6.10 Å². The smallest absolute Gasteiger partial charge is 0.342 e. The molecule has 5 bridgehead atoms. The molecule has 1 N–H and O–H groups in total. The van der Waals surface area contributed by atoms with E-state index in [4.69, 9.17) is 18.9 Å². The highest BCUT2D eigenvalue weighted by Crippen LogP contribution is 2.75. The highest BCUT2D eigenvalue weighted by molar-refractivity contribution is 6.01. The number of Topliss-reactive ketones (excluding diaryl/α,β-unsaturated/α-hetero) is 1. The summed E-state index contributed by atoms with van der Waals surface area (Å²) >= 11 is 0. The molecule has 0 radical (unpaired) electrons. The number of fused-ring (bicyclic) bond motifs is 5. The first kappa shape index (κ1) is 22.6. The van der Waals surface area contributed by atoms with Gasteiger partial charge in [-0.05, 0) is 63.4 Å². The Labute approximate surface area is 213 Å². The van der Waals surface area contributed by atoms with Gasteiger partial charge in [0.05, 0.1) is 23.9 Å². The molecule has 0 amide bonds. The third kappa shape index (κ3) is 1.97. The number of rotatable bonds is 0. The predicted molar refractivity (Wildman–Crippen MR) is 122 cm³/mol. The van der Waals surface area contributed by atoms with Crippen LogP contribution < -0.4 is 0 Å². The lowest BCUT2D eigenvalue weighted by molar-refractivity contribution is -0.374. The van der Waals surface area contributed by atoms with E-state index in [9.17, 15) is 24.3 Å². The predicted octanol–water partition coefficient (Wildman–Crippen LogP) is 1.56. The molecule has 3 aliphatic carbocycles. The summed E-state index contributed by atoms with van der Waals surface area (Å²) in [6, 6.07) is 0. The van der Waals surface area contributed by atoms with Crippen LogP contribution in [-0.2, 0) is 38.1 Å². The molecule has 5 saturated heterocycles. The van der Waals surface area contributed by atoms with Crippen LogP contribution >= 0.6 is 0 Å². The van der Waals surface area contributed by atoms with Gasteiger partial charge in [-0.2, -0.15) is 0 Å². The largest absolute Gasteiger partial charge is 0.458 e. The molecule has 5 heterocycles. The van der Waals surface area contributed by atoms with Gasteiger partial charge in [-0.15, -0.1) is 0 Å². The maximum Gasteiger partial charge on any atom is 0.342 e. The number of allylic oxidation sites excluding steroid dienone is 4. The van der Waals surface area contributed by atoms with E-state index >= 15 is 0 Å². The van der Waals surface area contributed by atoms with Gasteiger partial charge in [0.25, 0.3) is 0 Å². The van der Waals surface area contributed by atoms with Crippen molar-refractivity contribution < 1.29 is 43.2 Å². The van der Waals surface area contributed by atoms with Gasteiger partial charge in [0, 0.05) is 5.92 Å². The fourth-order valence-corrected chi connectivity index (χ4v) is 10.0. The number of aliphatic hydroxyl groups is 1. The zero-order valence-electron chi connectivity index (χ0n) is 21.1. The van der Waals surface area contributed by atoms with E-state index in [0.29, 0.717) is 25.7 Å². The van der Waals surface area contributed by atoms with Gasteiger partial charge in [-0.1, -0.05) is 24.6 Å². The minimum absolute atomic E-state index is 0.0380. The van der Waals surface area contributed by atoms with Crippen molar-refractivity contribution >= 4 is 23.5 Å². The number of hydrogen-bond acceptors (Lipinski definition) is 9. The molecule has 11 atom stereocenters. The molecule has 1 saturated carbocycles. The fraction of sp³-hybridized carbons (Fsp3) is 0.714. The van der Waals surface area contributed by atoms with Crippen LogP contribution in [0.4, 0.5) is 0 Å². The Bertz CT molecular complexity index is 1300. The van der Waals surface area contributed by atoms with Crippen LogP contribution in [0.2, 0.25) is 0 Å². The summed E-state index contributed by atoms with van der Waals surface area (Å²) in [6.07, 6.45) is 6.24. The molecule has 0 aromatic carbocycles. The van der Waals surface area contributed by atoms with Crippen LogP contribution in [0.1, 0.15) is 52.9 Å². The Balaban J connectivity index is 1.43. The highest BCUT2D eigenvalue weighted by Gasteiger charge is 2.93. The lowest BCUT2D eigenvalue weighted by atomic mass is 9.46. The van der Waals surface area contributed by atoms with Crippen molar-refractivity contribution in [3.63, 3.8) is 0 Å². The van der Waals surface area contributed by atoms with Crippen LogP contribution in [-0.4, -0.2) is 63.9 Å². The van der Waals surface area contributed by atoms with Crippen molar-refractivity contribution in [3.8, 4) is 0 Å². The van der Waals surface area contributed by atoms with Gasteiger partial charge in [0.2, 0.25) is 5.79 Å². The molecule has 8 rings (SSSR count). The first-order valence-electron chi connectivity index (χ1n) is 13.4. The number of hydrogen-bond donors (Lipinski definition) is 1. The molecule has 9 nitrogen and oxygen atoms in total. The Kier molecular flexibility index (Phi) is 3.73. The molecule has 0 aromatic heterocycles. The van der Waals surface area contributed by atoms with Gasteiger partial charge >= 0.3 is 11.9 Å². The molecular weight excluding hydrogens is 480 g/mol. The number of ketones is 2. The molecule has 9 heteroatoms. The van der Waals surface area contributed by atoms with E-state index in [0.717, 1.165) is 5.57 Å². The molecule has 3 unspecified atom stereocenters. The SMILES string of the molecule is C[C@]12C(=O)C=CCC1=CC[C@H]1[C@H]2CCC2(O)C(=O)O[C@@]3(C)[C@@H]4C[C@@]5(C)[C@@H](COC16OC23[C@@H]5C6=O)C(=O)O4. The van der Waals surface area contributed by atoms with E-state index in [-0.39, 0.29) is 24.6 Å². The van der Waals surface area contributed by atoms with Gasteiger partial charge in [0.15, 0.2) is 28.4 Å². The molecule has 37 heavy (non-hydrogen) atoms. The van der Waals surface area contributed by atoms with Crippen LogP contribution in [0, 0.1) is 34.5 Å². The molecular formula is C28H30O9. The zero-order valence-corrected chi connectivity index (χ0v) is 21.1. The first-order valence-corrected chi connectivity index (χ1v) is 13.4. The minimum atomic E-state index is -2.17. The number of carbonyl (C=O) groups is 4. The molecule has 6 fully saturated rings. The second-order valence-electron chi connectivity index (χ2n) is 13.0. The standard InChI is InChI=1S/C28H30O9/c1-23-11-18-25(3)28-19(23)20(30)27(37-28,34-12-16(23)21(31)35-18)15-8-7-13-5-4-6-17(29)24(13,2)14(15)9-10-26(28,33)22(32)36-25/h4,6-7,14-16,18-19,33H,5,8-12H2,1-3H3/t14-,15+,16+,18+,19-,23+,24+,25+,26?,27?,28?/m1/s1. The third-order valence-electron chi connectivity index (χ3n) is 12.0. The maximum absolute atomic E-state index is 14.8. The van der Waals surface area contributed by atoms with Crippen molar-refractivity contribution in [2.75, 3.05) is 6.61 Å². The summed E-state index contributed by atoms with van der Waals surface area (Å²) in [5.74, 6) is -6.36. The maximum atomic E-state index is 14.8. The minimum Gasteiger partial charge on any atom is -0.458 e. The van der Waals surface area contributed by atoms with Crippen molar-refractivity contribution in [2.45, 2.75) is 81.6 Å². The second-order valence-corrected chi connectivity index (χ2v) is 13.0. The summed E-state index contributed by atoms with van der Waals surface area (Å²) in [6.45, 7) is 5.29. The van der Waals surface area contributed by atoms with Crippen LogP contribution in [0.3, 0.4) is 0 Å². The van der Waals surface area contributed by atoms with Crippen molar-refractivity contribution in [3.05, 3.63) is 23.8 Å². The molecule has 196 valence electrons. The van der Waals surface area contributed by atoms with E-state index in [1.54, 1.807) is 13.0 Å². The normalized spacial score (nSPS) is 58.5. The van der Waals surface area contributed by atoms with Crippen LogP contribution in [0.25, 0.3) is 0 Å². The van der Waals surface area contributed by atoms with E-state index in [2.05, 4.69) is 0 Å². The van der Waals surface area contributed by atoms with Crippen LogP contribution in [0.5, 0.6) is 0 Å². The summed E-state index contributed by atoms with van der Waals surface area (Å²) < 4.78 is 25.1. The lowest BCUT2D eigenvalue weighted by Crippen LogP contribution is -2.79. The van der Waals surface area contributed by atoms with Gasteiger partial charge < -0.3 is 24.1 Å². The summed E-state index contributed by atoms with van der Waals surface area (Å²) in [7, 11) is 0.